The van der Waals surface area contributed by atoms with Crippen molar-refractivity contribution in [2.75, 3.05) is 18.1 Å². The molecule has 0 spiro atoms. The fourth-order valence-electron chi connectivity index (χ4n) is 8.02. The number of benzene rings is 4. The van der Waals surface area contributed by atoms with Gasteiger partial charge in [-0.3, -0.25) is 43.2 Å². The van der Waals surface area contributed by atoms with Crippen LogP contribution in [0.4, 0.5) is 0 Å². The molecule has 0 bridgehead atoms. The van der Waals surface area contributed by atoms with Crippen LogP contribution in [0.2, 0.25) is 5.02 Å². The van der Waals surface area contributed by atoms with Crippen molar-refractivity contribution in [3.05, 3.63) is 136 Å². The zero-order valence-corrected chi connectivity index (χ0v) is 45.0. The Hall–Kier alpha value is -7.22. The average Bonchev–Trinajstić information content (AvgIpc) is 3.41. The van der Waals surface area contributed by atoms with Gasteiger partial charge in [-0.15, -0.1) is 0 Å². The van der Waals surface area contributed by atoms with Crippen LogP contribution in [0, 0.1) is 0 Å². The summed E-state index contributed by atoms with van der Waals surface area (Å²) < 4.78 is 0. The van der Waals surface area contributed by atoms with Gasteiger partial charge < -0.3 is 70.4 Å². The monoisotopic (exact) mass is 1130 g/mol. The summed E-state index contributed by atoms with van der Waals surface area (Å²) in [5, 5.41) is 40.0. The fraction of sp³-hybridized carbons (Fsp3) is 0.377. The van der Waals surface area contributed by atoms with Gasteiger partial charge in [0.1, 0.15) is 48.0 Å². The Morgan fingerprint density at radius 3 is 1.78 bits per heavy atom. The zero-order chi connectivity index (χ0) is 56.9. The smallest absolute Gasteiger partial charge is 0.248 e. The molecular weight excluding hydrogens is 1070 g/mol. The van der Waals surface area contributed by atoms with Crippen molar-refractivity contribution in [3.8, 4) is 5.75 Å². The van der Waals surface area contributed by atoms with Gasteiger partial charge in [0.15, 0.2) is 0 Å². The number of unbranched alkanes of at least 4 members (excludes halogenated alkanes) is 1. The molecule has 1 fully saturated rings. The number of hydrogen-bond acceptors (Lipinski definition) is 15. The first-order chi connectivity index (χ1) is 37.2. The maximum atomic E-state index is 14.7. The van der Waals surface area contributed by atoms with Crippen molar-refractivity contribution in [1.29, 1.82) is 0 Å². The summed E-state index contributed by atoms with van der Waals surface area (Å²) in [6.07, 6.45) is -1.37. The summed E-state index contributed by atoms with van der Waals surface area (Å²) >= 11 is 6.07. The molecule has 9 amide bonds. The molecule has 1 aliphatic rings. The van der Waals surface area contributed by atoms with Crippen molar-refractivity contribution >= 4 is 86.4 Å². The third-order valence-electron chi connectivity index (χ3n) is 12.4. The average molecular weight is 1130 g/mol. The number of rotatable bonds is 19. The SMILES string of the molecule is CC(O)C1NC(=O)[C@H](CCCCN)NC(=O)[C@@H](Cc2ccc(C(N)=O)cc2)NC(=O)[C@H](Cc2ccc(O)cc2)NC(=O)[C@H](NC(=O)[C@@H](N)Cc2ccc(Cl)cc2)CSSC[C@@H](C(=O)N[C@H](Cc2ccccc2)C(N)=O)NC1=O. The first kappa shape index (κ1) is 61.6. The van der Waals surface area contributed by atoms with Gasteiger partial charge in [-0.1, -0.05) is 99.9 Å². The molecule has 0 aliphatic carbocycles. The van der Waals surface area contributed by atoms with Gasteiger partial charge in [0, 0.05) is 41.4 Å². The molecule has 4 aromatic rings. The second kappa shape index (κ2) is 30.6. The highest BCUT2D eigenvalue weighted by molar-refractivity contribution is 8.76. The first-order valence-electron chi connectivity index (χ1n) is 25.0. The molecule has 25 heteroatoms. The predicted molar refractivity (Wildman–Crippen MR) is 296 cm³/mol. The number of nitrogens with two attached hydrogens (primary N) is 4. The number of nitrogens with one attached hydrogen (secondary N) is 7. The van der Waals surface area contributed by atoms with E-state index in [1.807, 2.05) is 0 Å². The van der Waals surface area contributed by atoms with Crippen LogP contribution >= 0.6 is 33.2 Å². The minimum Gasteiger partial charge on any atom is -0.508 e. The number of hydrogen-bond donors (Lipinski definition) is 13. The summed E-state index contributed by atoms with van der Waals surface area (Å²) in [5.74, 6) is -8.46. The van der Waals surface area contributed by atoms with E-state index in [0.29, 0.717) is 33.7 Å². The summed E-state index contributed by atoms with van der Waals surface area (Å²) in [7, 11) is 1.95. The molecule has 9 atom stereocenters. The second-order valence-corrected chi connectivity index (χ2v) is 21.6. The molecule has 418 valence electrons. The van der Waals surface area contributed by atoms with Gasteiger partial charge in [0.05, 0.1) is 12.1 Å². The number of aromatic hydroxyl groups is 1. The molecule has 17 N–H and O–H groups in total. The van der Waals surface area contributed by atoms with Gasteiger partial charge in [0.25, 0.3) is 0 Å². The number of aliphatic hydroxyl groups excluding tert-OH is 1. The van der Waals surface area contributed by atoms with E-state index in [1.54, 1.807) is 54.6 Å². The number of phenolic OH excluding ortho intramolecular Hbond substituents is 1. The van der Waals surface area contributed by atoms with Crippen LogP contribution in [0.1, 0.15) is 58.8 Å². The lowest BCUT2D eigenvalue weighted by molar-refractivity contribution is -0.136. The first-order valence-corrected chi connectivity index (χ1v) is 27.8. The summed E-state index contributed by atoms with van der Waals surface area (Å²) in [6, 6.07) is 15.4. The molecule has 5 rings (SSSR count). The molecule has 78 heavy (non-hydrogen) atoms. The minimum atomic E-state index is -1.73. The molecule has 0 aromatic heterocycles. The highest BCUT2D eigenvalue weighted by Crippen LogP contribution is 2.24. The number of amides is 9. The molecular formula is C53H66ClN11O11S2. The number of aliphatic hydroxyl groups is 1. The van der Waals surface area contributed by atoms with E-state index in [-0.39, 0.29) is 67.9 Å². The van der Waals surface area contributed by atoms with Gasteiger partial charge in [-0.25, -0.2) is 0 Å². The van der Waals surface area contributed by atoms with Gasteiger partial charge in [-0.2, -0.15) is 0 Å². The Morgan fingerprint density at radius 1 is 0.667 bits per heavy atom. The lowest BCUT2D eigenvalue weighted by atomic mass is 10.00. The highest BCUT2D eigenvalue weighted by Gasteiger charge is 2.36. The Bertz CT molecular complexity index is 2710. The van der Waals surface area contributed by atoms with Crippen LogP contribution < -0.4 is 60.2 Å². The van der Waals surface area contributed by atoms with Crippen molar-refractivity contribution < 1.29 is 53.4 Å². The van der Waals surface area contributed by atoms with Crippen LogP contribution in [-0.4, -0.2) is 136 Å². The van der Waals surface area contributed by atoms with Crippen molar-refractivity contribution in [2.45, 2.75) is 106 Å². The number of phenols is 1. The fourth-order valence-corrected chi connectivity index (χ4v) is 10.5. The Balaban J connectivity index is 1.57. The summed E-state index contributed by atoms with van der Waals surface area (Å²) in [4.78, 5) is 125. The highest BCUT2D eigenvalue weighted by atomic mass is 35.5. The predicted octanol–water partition coefficient (Wildman–Crippen LogP) is -0.474. The van der Waals surface area contributed by atoms with Crippen molar-refractivity contribution in [2.24, 2.45) is 22.9 Å². The lowest BCUT2D eigenvalue weighted by Crippen LogP contribution is -2.62. The van der Waals surface area contributed by atoms with E-state index >= 15 is 0 Å². The van der Waals surface area contributed by atoms with Crippen LogP contribution in [0.3, 0.4) is 0 Å². The lowest BCUT2D eigenvalue weighted by Gasteiger charge is -2.29. The van der Waals surface area contributed by atoms with E-state index in [1.165, 1.54) is 55.5 Å². The number of carbonyl (C=O) groups excluding carboxylic acids is 9. The topological polar surface area (TPSA) is 382 Å². The third-order valence-corrected chi connectivity index (χ3v) is 15.1. The van der Waals surface area contributed by atoms with Crippen LogP contribution in [-0.2, 0) is 64.0 Å². The maximum Gasteiger partial charge on any atom is 0.248 e. The second-order valence-electron chi connectivity index (χ2n) is 18.6. The molecule has 2 unspecified atom stereocenters. The number of carbonyl (C=O) groups is 9. The van der Waals surface area contributed by atoms with Crippen LogP contribution in [0.25, 0.3) is 0 Å². The van der Waals surface area contributed by atoms with Crippen LogP contribution in [0.15, 0.2) is 103 Å². The third kappa shape index (κ3) is 19.7. The van der Waals surface area contributed by atoms with E-state index in [2.05, 4.69) is 37.2 Å². The van der Waals surface area contributed by atoms with Crippen LogP contribution in [0.5, 0.6) is 5.75 Å². The van der Waals surface area contributed by atoms with Crippen molar-refractivity contribution in [1.82, 2.24) is 37.2 Å². The molecule has 0 radical (unpaired) electrons. The summed E-state index contributed by atoms with van der Waals surface area (Å²) in [5.41, 5.74) is 25.7. The van der Waals surface area contributed by atoms with Gasteiger partial charge >= 0.3 is 0 Å². The molecule has 1 saturated heterocycles. The number of halogens is 1. The molecule has 1 heterocycles. The van der Waals surface area contributed by atoms with E-state index < -0.39 is 108 Å². The quantitative estimate of drug-likeness (QED) is 0.0417. The normalized spacial score (nSPS) is 21.2. The largest absolute Gasteiger partial charge is 0.508 e. The van der Waals surface area contributed by atoms with E-state index in [4.69, 9.17) is 34.5 Å². The van der Waals surface area contributed by atoms with Crippen molar-refractivity contribution in [3.63, 3.8) is 0 Å². The molecule has 0 saturated carbocycles. The van der Waals surface area contributed by atoms with E-state index in [9.17, 15) is 53.4 Å². The Labute approximate surface area is 463 Å². The van der Waals surface area contributed by atoms with E-state index in [0.717, 1.165) is 21.6 Å². The molecule has 22 nitrogen and oxygen atoms in total. The molecule has 1 aliphatic heterocycles. The number of primary amides is 2. The zero-order valence-electron chi connectivity index (χ0n) is 42.7. The Morgan fingerprint density at radius 2 is 1.21 bits per heavy atom. The minimum absolute atomic E-state index is 0.0149. The maximum absolute atomic E-state index is 14.7. The molecule has 4 aromatic carbocycles. The van der Waals surface area contributed by atoms with Gasteiger partial charge in [0.2, 0.25) is 53.2 Å². The summed E-state index contributed by atoms with van der Waals surface area (Å²) in [6.45, 7) is 1.44. The Kier molecular flexibility index (Phi) is 24.2. The standard InChI is InChI=1S/C53H66ClN11O11S2/c1-29(66)44-53(76)64-43(51(74)60-39(46(58)69)24-30-7-3-2-4-8-30)28-78-77-27-42(63-47(70)37(56)23-31-12-18-35(54)19-13-31)52(75)62-41(26-33-14-20-36(67)21-15-33)50(73)61-40(25-32-10-16-34(17-11-32)45(57)68)49(72)59-38(48(71)65-44)9-5-6-22-55/h2-4,7-8,10-21,29,37-44,66-67H,5-6,9,22-28,55-56H2,1H3,(H2,57,68)(H2,58,69)(H,59,72)(H,60,74)(H,61,73)(H,62,75)(H,63,70)(H,64,76)(H,65,71)/t29?,37-,38-,39+,40+,41-,42+,43-,44?/m0/s1. The van der Waals surface area contributed by atoms with Gasteiger partial charge in [-0.05, 0) is 97.8 Å².